The average molecular weight is 258 g/mol. The number of hydrogen-bond donors (Lipinski definition) is 0. The largest absolute Gasteiger partial charge is 0.481 e. The third-order valence-corrected chi connectivity index (χ3v) is 2.39. The minimum atomic E-state index is -0.549. The Bertz CT molecular complexity index is 438. The highest BCUT2D eigenvalue weighted by Crippen LogP contribution is 2.24. The molecule has 1 aromatic rings. The number of methoxy groups -OCH3 is 1. The average Bonchev–Trinajstić information content (AvgIpc) is 2.19. The molecule has 0 saturated carbocycles. The van der Waals surface area contributed by atoms with Crippen molar-refractivity contribution in [3.8, 4) is 5.88 Å². The van der Waals surface area contributed by atoms with Gasteiger partial charge >= 0.3 is 5.97 Å². The third-order valence-electron chi connectivity index (χ3n) is 2.02. The lowest BCUT2D eigenvalue weighted by Gasteiger charge is -2.20. The predicted molar refractivity (Wildman–Crippen MR) is 65.7 cm³/mol. The van der Waals surface area contributed by atoms with E-state index in [1.807, 2.05) is 0 Å². The molecule has 5 heteroatoms. The minimum absolute atomic E-state index is 0.241. The molecule has 17 heavy (non-hydrogen) atoms. The molecule has 1 heterocycles. The second-order valence-corrected chi connectivity index (χ2v) is 4.99. The number of hydrogen-bond acceptors (Lipinski definition) is 4. The summed E-state index contributed by atoms with van der Waals surface area (Å²) < 4.78 is 10.2. The van der Waals surface area contributed by atoms with Gasteiger partial charge in [-0.15, -0.1) is 0 Å². The van der Waals surface area contributed by atoms with E-state index in [1.165, 1.54) is 13.2 Å². The summed E-state index contributed by atoms with van der Waals surface area (Å²) in [6, 6.07) is 1.52. The number of carbonyl (C=O) groups is 1. The highest BCUT2D eigenvalue weighted by Gasteiger charge is 2.21. The molecule has 0 amide bonds. The Morgan fingerprint density at radius 2 is 2.00 bits per heavy atom. The van der Waals surface area contributed by atoms with Crippen molar-refractivity contribution in [1.82, 2.24) is 4.98 Å². The lowest BCUT2D eigenvalue weighted by atomic mass is 10.1. The van der Waals surface area contributed by atoms with Crippen LogP contribution in [0.1, 0.15) is 36.7 Å². The van der Waals surface area contributed by atoms with Crippen molar-refractivity contribution >= 4 is 17.6 Å². The van der Waals surface area contributed by atoms with Crippen LogP contribution >= 0.6 is 11.6 Å². The first-order chi connectivity index (χ1) is 7.74. The van der Waals surface area contributed by atoms with Crippen molar-refractivity contribution < 1.29 is 14.3 Å². The summed E-state index contributed by atoms with van der Waals surface area (Å²) in [5.74, 6) is -0.140. The fourth-order valence-corrected chi connectivity index (χ4v) is 1.39. The molecule has 0 saturated heterocycles. The molecule has 1 rings (SSSR count). The molecule has 0 radical (unpaired) electrons. The number of rotatable bonds is 2. The summed E-state index contributed by atoms with van der Waals surface area (Å²) >= 11 is 5.91. The van der Waals surface area contributed by atoms with Gasteiger partial charge < -0.3 is 9.47 Å². The lowest BCUT2D eigenvalue weighted by molar-refractivity contribution is 0.00682. The molecule has 0 unspecified atom stereocenters. The molecule has 0 aliphatic heterocycles. The van der Waals surface area contributed by atoms with Crippen molar-refractivity contribution in [1.29, 1.82) is 0 Å². The molecule has 0 bridgehead atoms. The topological polar surface area (TPSA) is 48.4 Å². The summed E-state index contributed by atoms with van der Waals surface area (Å²) in [5.41, 5.74) is 0.408. The molecule has 94 valence electrons. The maximum atomic E-state index is 11.9. The first-order valence-corrected chi connectivity index (χ1v) is 5.57. The summed E-state index contributed by atoms with van der Waals surface area (Å²) in [4.78, 5) is 15.9. The number of ether oxygens (including phenoxy) is 2. The molecule has 0 N–H and O–H groups in total. The number of aromatic nitrogens is 1. The van der Waals surface area contributed by atoms with Gasteiger partial charge in [-0.3, -0.25) is 0 Å². The molecule has 1 aromatic heterocycles. The molecule has 4 nitrogen and oxygen atoms in total. The first-order valence-electron chi connectivity index (χ1n) is 5.19. The van der Waals surface area contributed by atoms with E-state index in [1.54, 1.807) is 27.7 Å². The van der Waals surface area contributed by atoms with E-state index >= 15 is 0 Å². The fourth-order valence-electron chi connectivity index (χ4n) is 1.21. The molecular formula is C12H16ClNO3. The van der Waals surface area contributed by atoms with Gasteiger partial charge in [0.25, 0.3) is 0 Å². The van der Waals surface area contributed by atoms with Crippen LogP contribution in [0.4, 0.5) is 0 Å². The molecule has 0 spiro atoms. The number of carbonyl (C=O) groups excluding carboxylic acids is 1. The van der Waals surface area contributed by atoms with Gasteiger partial charge in [0.15, 0.2) is 0 Å². The van der Waals surface area contributed by atoms with Gasteiger partial charge in [0, 0.05) is 11.6 Å². The van der Waals surface area contributed by atoms with E-state index in [4.69, 9.17) is 21.1 Å². The predicted octanol–water partition coefficient (Wildman–Crippen LogP) is 3.01. The van der Waals surface area contributed by atoms with Crippen LogP contribution in [-0.4, -0.2) is 23.7 Å². The fraction of sp³-hybridized carbons (Fsp3) is 0.500. The molecule has 0 aromatic carbocycles. The van der Waals surface area contributed by atoms with Gasteiger partial charge in [-0.2, -0.15) is 0 Å². The smallest absolute Gasteiger partial charge is 0.339 e. The van der Waals surface area contributed by atoms with E-state index in [0.29, 0.717) is 17.0 Å². The van der Waals surface area contributed by atoms with E-state index < -0.39 is 11.6 Å². The second kappa shape index (κ2) is 4.92. The molecular weight excluding hydrogens is 242 g/mol. The zero-order valence-electron chi connectivity index (χ0n) is 10.6. The Hall–Kier alpha value is -1.29. The Morgan fingerprint density at radius 1 is 1.41 bits per heavy atom. The maximum absolute atomic E-state index is 11.9. The normalized spacial score (nSPS) is 11.2. The number of halogens is 1. The molecule has 0 aliphatic rings. The van der Waals surface area contributed by atoms with E-state index in [-0.39, 0.29) is 5.15 Å². The Balaban J connectivity index is 3.13. The van der Waals surface area contributed by atoms with Gasteiger partial charge in [0.05, 0.1) is 12.7 Å². The molecule has 0 aliphatic carbocycles. The van der Waals surface area contributed by atoms with Gasteiger partial charge in [0.2, 0.25) is 5.88 Å². The maximum Gasteiger partial charge on any atom is 0.339 e. The van der Waals surface area contributed by atoms with Crippen molar-refractivity contribution in [2.75, 3.05) is 7.11 Å². The standard InChI is InChI=1S/C12H16ClNO3/c1-7-8(11(15)17-12(2,3)4)6-9(16-5)14-10(7)13/h6H,1-5H3. The van der Waals surface area contributed by atoms with E-state index in [0.717, 1.165) is 0 Å². The van der Waals surface area contributed by atoms with E-state index in [2.05, 4.69) is 4.98 Å². The minimum Gasteiger partial charge on any atom is -0.481 e. The van der Waals surface area contributed by atoms with Crippen molar-refractivity contribution in [2.24, 2.45) is 0 Å². The van der Waals surface area contributed by atoms with Crippen molar-refractivity contribution in [2.45, 2.75) is 33.3 Å². The summed E-state index contributed by atoms with van der Waals surface area (Å²) in [7, 11) is 1.47. The van der Waals surface area contributed by atoms with Crippen LogP contribution in [0.2, 0.25) is 5.15 Å². The Morgan fingerprint density at radius 3 is 2.47 bits per heavy atom. The van der Waals surface area contributed by atoms with Crippen LogP contribution < -0.4 is 4.74 Å². The van der Waals surface area contributed by atoms with Gasteiger partial charge in [-0.05, 0) is 27.7 Å². The van der Waals surface area contributed by atoms with Crippen LogP contribution in [-0.2, 0) is 4.74 Å². The second-order valence-electron chi connectivity index (χ2n) is 4.63. The lowest BCUT2D eigenvalue weighted by Crippen LogP contribution is -2.24. The van der Waals surface area contributed by atoms with Gasteiger partial charge in [0.1, 0.15) is 10.8 Å². The first kappa shape index (κ1) is 13.8. The summed E-state index contributed by atoms with van der Waals surface area (Å²) in [5, 5.41) is 0.241. The van der Waals surface area contributed by atoms with Crippen molar-refractivity contribution in [3.63, 3.8) is 0 Å². The van der Waals surface area contributed by atoms with Crippen LogP contribution in [0.5, 0.6) is 5.88 Å². The highest BCUT2D eigenvalue weighted by molar-refractivity contribution is 6.30. The number of nitrogens with zero attached hydrogens (tertiary/aromatic N) is 1. The van der Waals surface area contributed by atoms with Gasteiger partial charge in [-0.1, -0.05) is 11.6 Å². The van der Waals surface area contributed by atoms with Crippen molar-refractivity contribution in [3.05, 3.63) is 22.3 Å². The number of pyridine rings is 1. The van der Waals surface area contributed by atoms with Crippen LogP contribution in [0.15, 0.2) is 6.07 Å². The monoisotopic (exact) mass is 257 g/mol. The summed E-state index contributed by atoms with van der Waals surface area (Å²) in [6.07, 6.45) is 0. The molecule has 0 fully saturated rings. The van der Waals surface area contributed by atoms with Crippen LogP contribution in [0, 0.1) is 6.92 Å². The quantitative estimate of drug-likeness (QED) is 0.604. The Kier molecular flexibility index (Phi) is 3.98. The SMILES string of the molecule is COc1cc(C(=O)OC(C)(C)C)c(C)c(Cl)n1. The Labute approximate surface area is 106 Å². The van der Waals surface area contributed by atoms with Crippen LogP contribution in [0.25, 0.3) is 0 Å². The molecule has 0 atom stereocenters. The van der Waals surface area contributed by atoms with E-state index in [9.17, 15) is 4.79 Å². The third kappa shape index (κ3) is 3.60. The number of esters is 1. The highest BCUT2D eigenvalue weighted by atomic mass is 35.5. The summed E-state index contributed by atoms with van der Waals surface area (Å²) in [6.45, 7) is 7.13. The van der Waals surface area contributed by atoms with Crippen LogP contribution in [0.3, 0.4) is 0 Å². The zero-order chi connectivity index (χ0) is 13.2. The zero-order valence-corrected chi connectivity index (χ0v) is 11.4. The van der Waals surface area contributed by atoms with Gasteiger partial charge in [-0.25, -0.2) is 9.78 Å².